The molecule has 0 saturated carbocycles. The van der Waals surface area contributed by atoms with E-state index in [4.69, 9.17) is 0 Å². The fourth-order valence-electron chi connectivity index (χ4n) is 3.96. The number of hydrogen-bond donors (Lipinski definition) is 0. The first kappa shape index (κ1) is 19.8. The fraction of sp³-hybridized carbons (Fsp3) is 0.500. The topological polar surface area (TPSA) is 4.93 Å². The maximum atomic E-state index is 2.61. The van der Waals surface area contributed by atoms with Crippen LogP contribution in [-0.2, 0) is 6.54 Å². The molecule has 0 radical (unpaired) electrons. The van der Waals surface area contributed by atoms with Crippen LogP contribution in [0.2, 0.25) is 14.8 Å². The van der Waals surface area contributed by atoms with Gasteiger partial charge in [0.05, 0.1) is 0 Å². The predicted molar refractivity (Wildman–Crippen MR) is 121 cm³/mol. The van der Waals surface area contributed by atoms with Crippen LogP contribution < -0.4 is 3.58 Å². The van der Waals surface area contributed by atoms with E-state index in [1.54, 1.807) is 3.58 Å². The third-order valence-corrected chi connectivity index (χ3v) is 11.5. The van der Waals surface area contributed by atoms with Crippen LogP contribution in [0.15, 0.2) is 36.4 Å². The second kappa shape index (κ2) is 8.37. The zero-order valence-corrected chi connectivity index (χ0v) is 20.2. The predicted octanol–water partition coefficient (Wildman–Crippen LogP) is 7.01. The molecule has 0 N–H and O–H groups in total. The average molecular weight is 456 g/mol. The monoisotopic (exact) mass is 457 g/mol. The van der Waals surface area contributed by atoms with E-state index in [-0.39, 0.29) is 0 Å². The summed E-state index contributed by atoms with van der Waals surface area (Å²) < 4.78 is 4.24. The van der Waals surface area contributed by atoms with Gasteiger partial charge in [-0.25, -0.2) is 0 Å². The minimum absolute atomic E-state index is 1.15. The number of unbranched alkanes of at least 4 members (excludes halogenated alkanes) is 5. The number of benzene rings is 2. The molecule has 0 spiro atoms. The van der Waals surface area contributed by atoms with E-state index in [2.05, 4.69) is 69.6 Å². The van der Waals surface area contributed by atoms with E-state index >= 15 is 0 Å². The van der Waals surface area contributed by atoms with Crippen molar-refractivity contribution in [3.8, 4) is 0 Å². The summed E-state index contributed by atoms with van der Waals surface area (Å²) in [6.45, 7) is 5.65. The van der Waals surface area contributed by atoms with E-state index in [0.717, 1.165) is 6.54 Å². The molecule has 0 unspecified atom stereocenters. The first-order valence-electron chi connectivity index (χ1n) is 10.4. The summed E-state index contributed by atoms with van der Waals surface area (Å²) in [7, 11) is 0. The number of fused-ring (bicyclic) bond motifs is 3. The zero-order chi connectivity index (χ0) is 18.7. The van der Waals surface area contributed by atoms with Crippen LogP contribution in [0, 0.1) is 6.92 Å². The van der Waals surface area contributed by atoms with Gasteiger partial charge in [0, 0.05) is 0 Å². The van der Waals surface area contributed by atoms with Gasteiger partial charge in [0.1, 0.15) is 0 Å². The molecule has 0 aliphatic heterocycles. The first-order valence-corrected chi connectivity index (χ1v) is 20.4. The van der Waals surface area contributed by atoms with Crippen molar-refractivity contribution in [1.29, 1.82) is 0 Å². The molecule has 0 aliphatic rings. The summed E-state index contributed by atoms with van der Waals surface area (Å²) >= 11 is -2.06. The van der Waals surface area contributed by atoms with Gasteiger partial charge in [0.25, 0.3) is 0 Å². The van der Waals surface area contributed by atoms with Crippen molar-refractivity contribution in [2.75, 3.05) is 0 Å². The van der Waals surface area contributed by atoms with Gasteiger partial charge in [-0.05, 0) is 0 Å². The standard InChI is InChI=1S/C21H26N.3CH3.Sn/c1-3-4-5-6-7-10-15-22-20-12-9-8-11-18(20)19-14-13-17(2)16-21(19)22;;;;/h8,11-14,16H,3-7,10,15H2,1-2H3;3*1H3;. The Hall–Kier alpha value is -0.961. The van der Waals surface area contributed by atoms with Gasteiger partial charge >= 0.3 is 164 Å². The zero-order valence-electron chi connectivity index (χ0n) is 17.4. The van der Waals surface area contributed by atoms with Crippen LogP contribution in [0.25, 0.3) is 21.8 Å². The van der Waals surface area contributed by atoms with Crippen molar-refractivity contribution < 1.29 is 0 Å². The molecular weight excluding hydrogens is 421 g/mol. The number of rotatable bonds is 8. The van der Waals surface area contributed by atoms with E-state index in [9.17, 15) is 0 Å². The Bertz CT molecular complexity index is 882. The molecule has 2 aromatic carbocycles. The van der Waals surface area contributed by atoms with Crippen LogP contribution in [0.5, 0.6) is 0 Å². The summed E-state index contributed by atoms with van der Waals surface area (Å²) in [5.41, 5.74) is 4.25. The fourth-order valence-corrected chi connectivity index (χ4v) is 7.25. The summed E-state index contributed by atoms with van der Waals surface area (Å²) in [5, 5.41) is 2.86. The van der Waals surface area contributed by atoms with Crippen molar-refractivity contribution in [2.24, 2.45) is 0 Å². The Balaban J connectivity index is 1.97. The number of hydrogen-bond acceptors (Lipinski definition) is 0. The summed E-state index contributed by atoms with van der Waals surface area (Å²) in [4.78, 5) is 7.54. The molecule has 1 nitrogen and oxygen atoms in total. The van der Waals surface area contributed by atoms with Crippen LogP contribution in [0.3, 0.4) is 0 Å². The molecule has 0 saturated heterocycles. The van der Waals surface area contributed by atoms with Crippen molar-refractivity contribution in [3.63, 3.8) is 0 Å². The van der Waals surface area contributed by atoms with Gasteiger partial charge in [0.15, 0.2) is 0 Å². The quantitative estimate of drug-likeness (QED) is 0.254. The normalized spacial score (nSPS) is 12.3. The Morgan fingerprint density at radius 2 is 1.38 bits per heavy atom. The Labute approximate surface area is 163 Å². The van der Waals surface area contributed by atoms with Gasteiger partial charge in [-0.1, -0.05) is 0 Å². The molecule has 3 rings (SSSR count). The SMILES string of the molecule is CCCCCCCCn1c2cc(C)ccc2c2cc[c]([Sn]([CH3])([CH3])[CH3])cc21. The first-order chi connectivity index (χ1) is 12.4. The van der Waals surface area contributed by atoms with Crippen LogP contribution in [0.4, 0.5) is 0 Å². The molecule has 1 aromatic heterocycles. The third kappa shape index (κ3) is 4.30. The molecule has 0 fully saturated rings. The molecule has 140 valence electrons. The summed E-state index contributed by atoms with van der Waals surface area (Å²) in [5.74, 6) is 0. The summed E-state index contributed by atoms with van der Waals surface area (Å²) in [6, 6.07) is 14.3. The van der Waals surface area contributed by atoms with Gasteiger partial charge in [-0.3, -0.25) is 0 Å². The van der Waals surface area contributed by atoms with E-state index in [1.807, 2.05) is 0 Å². The average Bonchev–Trinajstić information content (AvgIpc) is 2.89. The molecule has 0 aliphatic carbocycles. The van der Waals surface area contributed by atoms with E-state index in [1.165, 1.54) is 65.9 Å². The van der Waals surface area contributed by atoms with Crippen molar-refractivity contribution in [1.82, 2.24) is 4.57 Å². The van der Waals surface area contributed by atoms with E-state index < -0.39 is 18.4 Å². The Morgan fingerprint density at radius 3 is 2.08 bits per heavy atom. The molecule has 0 bridgehead atoms. The van der Waals surface area contributed by atoms with E-state index in [0.29, 0.717) is 0 Å². The second-order valence-electron chi connectivity index (χ2n) is 8.92. The molecule has 26 heavy (non-hydrogen) atoms. The van der Waals surface area contributed by atoms with Crippen molar-refractivity contribution >= 4 is 43.8 Å². The number of aromatic nitrogens is 1. The number of nitrogens with zero attached hydrogens (tertiary/aromatic N) is 1. The molecule has 0 atom stereocenters. The Kier molecular flexibility index (Phi) is 6.37. The minimum atomic E-state index is -2.06. The number of aryl methyl sites for hydroxylation is 2. The van der Waals surface area contributed by atoms with Crippen molar-refractivity contribution in [2.45, 2.75) is 73.7 Å². The van der Waals surface area contributed by atoms with Gasteiger partial charge in [-0.2, -0.15) is 0 Å². The van der Waals surface area contributed by atoms with Gasteiger partial charge < -0.3 is 0 Å². The molecule has 2 heteroatoms. The van der Waals surface area contributed by atoms with Crippen LogP contribution in [0.1, 0.15) is 51.0 Å². The van der Waals surface area contributed by atoms with Gasteiger partial charge in [-0.15, -0.1) is 0 Å². The molecule has 0 amide bonds. The maximum absolute atomic E-state index is 2.61. The third-order valence-electron chi connectivity index (χ3n) is 5.62. The van der Waals surface area contributed by atoms with Crippen molar-refractivity contribution in [3.05, 3.63) is 42.0 Å². The molecule has 3 aromatic rings. The van der Waals surface area contributed by atoms with Crippen LogP contribution >= 0.6 is 0 Å². The van der Waals surface area contributed by atoms with Crippen LogP contribution in [-0.4, -0.2) is 22.9 Å². The van der Waals surface area contributed by atoms with Gasteiger partial charge in [0.2, 0.25) is 0 Å². The molecular formula is C24H35NSn. The second-order valence-corrected chi connectivity index (χ2v) is 23.4. The molecule has 1 heterocycles. The Morgan fingerprint density at radius 1 is 0.769 bits per heavy atom. The summed E-state index contributed by atoms with van der Waals surface area (Å²) in [6.07, 6.45) is 8.13.